The van der Waals surface area contributed by atoms with Gasteiger partial charge in [0.15, 0.2) is 0 Å². The maximum absolute atomic E-state index is 6.64. The minimum Gasteiger partial charge on any atom is -0.126 e. The minimum absolute atomic E-state index is 0.152. The van der Waals surface area contributed by atoms with Crippen LogP contribution in [0.3, 0.4) is 0 Å². The van der Waals surface area contributed by atoms with Gasteiger partial charge in [-0.3, -0.25) is 0 Å². The van der Waals surface area contributed by atoms with Crippen LogP contribution in [0.5, 0.6) is 0 Å². The zero-order chi connectivity index (χ0) is 9.10. The second kappa shape index (κ2) is 2.58. The minimum atomic E-state index is 0.152. The first-order valence-corrected chi connectivity index (χ1v) is 6.29. The van der Waals surface area contributed by atoms with Gasteiger partial charge in [0.05, 0.1) is 0 Å². The lowest BCUT2D eigenvalue weighted by molar-refractivity contribution is -0.0258. The summed E-state index contributed by atoms with van der Waals surface area (Å²) in [5, 5.41) is 0. The molecule has 0 saturated heterocycles. The molecule has 0 aliphatic heterocycles. The molecule has 0 radical (unpaired) electrons. The molecule has 0 N–H and O–H groups in total. The lowest BCUT2D eigenvalue weighted by Crippen LogP contribution is -2.53. The van der Waals surface area contributed by atoms with Crippen LogP contribution in [0.25, 0.3) is 0 Å². The average Bonchev–Trinajstić information content (AvgIpc) is 1.99. The molecule has 0 spiro atoms. The summed E-state index contributed by atoms with van der Waals surface area (Å²) in [7, 11) is 0. The number of rotatable bonds is 1. The Kier molecular flexibility index (Phi) is 1.76. The summed E-state index contributed by atoms with van der Waals surface area (Å²) in [6.07, 6.45) is 7.89. The summed E-state index contributed by atoms with van der Waals surface area (Å²) in [6, 6.07) is 0. The van der Waals surface area contributed by atoms with E-state index in [2.05, 4.69) is 0 Å². The summed E-state index contributed by atoms with van der Waals surface area (Å²) in [5.41, 5.74) is 0.438. The Hall–Kier alpha value is 0.580. The average molecular weight is 219 g/mol. The summed E-state index contributed by atoms with van der Waals surface area (Å²) in [5.74, 6) is 2.64. The van der Waals surface area contributed by atoms with Crippen molar-refractivity contribution in [2.24, 2.45) is 17.3 Å². The van der Waals surface area contributed by atoms with Gasteiger partial charge in [0, 0.05) is 10.8 Å². The van der Waals surface area contributed by atoms with Gasteiger partial charge >= 0.3 is 0 Å². The molecule has 4 rings (SSSR count). The molecule has 2 unspecified atom stereocenters. The molecule has 4 aliphatic rings. The third-order valence-corrected chi connectivity index (χ3v) is 5.40. The Morgan fingerprint density at radius 1 is 1.08 bits per heavy atom. The molecular weight excluding hydrogens is 203 g/mol. The van der Waals surface area contributed by atoms with E-state index in [9.17, 15) is 0 Å². The molecule has 13 heavy (non-hydrogen) atoms. The van der Waals surface area contributed by atoms with E-state index in [0.717, 1.165) is 17.7 Å². The predicted molar refractivity (Wildman–Crippen MR) is 56.4 cm³/mol. The Bertz CT molecular complexity index is 222. The molecule has 4 fully saturated rings. The van der Waals surface area contributed by atoms with Crippen molar-refractivity contribution >= 4 is 23.2 Å². The zero-order valence-corrected chi connectivity index (χ0v) is 9.37. The first-order valence-electron chi connectivity index (χ1n) is 5.38. The topological polar surface area (TPSA) is 0 Å². The van der Waals surface area contributed by atoms with Crippen molar-refractivity contribution in [3.8, 4) is 0 Å². The molecule has 2 atom stereocenters. The zero-order valence-electron chi connectivity index (χ0n) is 7.86. The van der Waals surface area contributed by atoms with Gasteiger partial charge in [0.25, 0.3) is 0 Å². The van der Waals surface area contributed by atoms with E-state index in [1.807, 2.05) is 0 Å². The van der Waals surface area contributed by atoms with Crippen LogP contribution in [-0.4, -0.2) is 10.8 Å². The van der Waals surface area contributed by atoms with E-state index in [-0.39, 0.29) is 4.87 Å². The molecule has 74 valence electrons. The molecular formula is C11H16Cl2. The molecule has 0 aromatic heterocycles. The van der Waals surface area contributed by atoms with Crippen LogP contribution in [0, 0.1) is 17.3 Å². The van der Waals surface area contributed by atoms with Crippen molar-refractivity contribution < 1.29 is 0 Å². The number of alkyl halides is 2. The summed E-state index contributed by atoms with van der Waals surface area (Å²) >= 11 is 12.8. The maximum Gasteiger partial charge on any atom is 0.0457 e. The first kappa shape index (κ1) is 8.85. The van der Waals surface area contributed by atoms with Crippen molar-refractivity contribution in [3.63, 3.8) is 0 Å². The summed E-state index contributed by atoms with van der Waals surface area (Å²) < 4.78 is 0. The fourth-order valence-electron chi connectivity index (χ4n) is 4.49. The van der Waals surface area contributed by atoms with Gasteiger partial charge in [-0.25, -0.2) is 0 Å². The molecule has 0 heterocycles. The van der Waals surface area contributed by atoms with Gasteiger partial charge < -0.3 is 0 Å². The second-order valence-electron chi connectivity index (χ2n) is 5.75. The molecule has 4 bridgehead atoms. The smallest absolute Gasteiger partial charge is 0.0457 e. The Balaban J connectivity index is 1.95. The highest BCUT2D eigenvalue weighted by molar-refractivity contribution is 6.24. The van der Waals surface area contributed by atoms with E-state index < -0.39 is 0 Å². The van der Waals surface area contributed by atoms with Crippen LogP contribution in [0.4, 0.5) is 0 Å². The van der Waals surface area contributed by atoms with Gasteiger partial charge in [-0.2, -0.15) is 0 Å². The molecule has 0 nitrogen and oxygen atoms in total. The Labute approximate surface area is 90.0 Å². The van der Waals surface area contributed by atoms with Gasteiger partial charge in [0.1, 0.15) is 0 Å². The molecule has 0 aromatic carbocycles. The largest absolute Gasteiger partial charge is 0.126 e. The van der Waals surface area contributed by atoms with Gasteiger partial charge in [-0.05, 0) is 55.8 Å². The van der Waals surface area contributed by atoms with E-state index in [0.29, 0.717) is 5.41 Å². The lowest BCUT2D eigenvalue weighted by atomic mass is 9.50. The molecule has 0 amide bonds. The fourth-order valence-corrected chi connectivity index (χ4v) is 5.52. The SMILES string of the molecule is ClCC12CC3CC(CC(Cl)(C3)C1)C2. The van der Waals surface area contributed by atoms with Crippen LogP contribution < -0.4 is 0 Å². The van der Waals surface area contributed by atoms with E-state index in [1.165, 1.54) is 38.5 Å². The highest BCUT2D eigenvalue weighted by Gasteiger charge is 2.56. The normalized spacial score (nSPS) is 58.6. The molecule has 4 saturated carbocycles. The molecule has 0 aromatic rings. The van der Waals surface area contributed by atoms with Crippen molar-refractivity contribution in [1.29, 1.82) is 0 Å². The van der Waals surface area contributed by atoms with Crippen molar-refractivity contribution in [1.82, 2.24) is 0 Å². The number of halogens is 2. The van der Waals surface area contributed by atoms with Crippen LogP contribution in [0.15, 0.2) is 0 Å². The van der Waals surface area contributed by atoms with Crippen molar-refractivity contribution in [2.75, 3.05) is 5.88 Å². The predicted octanol–water partition coefficient (Wildman–Crippen LogP) is 3.80. The van der Waals surface area contributed by atoms with Crippen LogP contribution in [0.1, 0.15) is 38.5 Å². The lowest BCUT2D eigenvalue weighted by Gasteiger charge is -2.59. The Morgan fingerprint density at radius 3 is 2.15 bits per heavy atom. The maximum atomic E-state index is 6.64. The van der Waals surface area contributed by atoms with Crippen LogP contribution >= 0.6 is 23.2 Å². The van der Waals surface area contributed by atoms with E-state index in [1.54, 1.807) is 0 Å². The molecule has 4 aliphatic carbocycles. The van der Waals surface area contributed by atoms with E-state index >= 15 is 0 Å². The van der Waals surface area contributed by atoms with Crippen molar-refractivity contribution in [2.45, 2.75) is 43.4 Å². The quantitative estimate of drug-likeness (QED) is 0.588. The second-order valence-corrected chi connectivity index (χ2v) is 6.81. The first-order chi connectivity index (χ1) is 6.13. The van der Waals surface area contributed by atoms with Crippen LogP contribution in [0.2, 0.25) is 0 Å². The molecule has 2 heteroatoms. The van der Waals surface area contributed by atoms with Crippen LogP contribution in [-0.2, 0) is 0 Å². The van der Waals surface area contributed by atoms with Gasteiger partial charge in [-0.1, -0.05) is 0 Å². The summed E-state index contributed by atoms with van der Waals surface area (Å²) in [4.78, 5) is 0.152. The monoisotopic (exact) mass is 218 g/mol. The number of hydrogen-bond donors (Lipinski definition) is 0. The standard InChI is InChI=1S/C11H16Cl2/c12-7-10-2-8-1-9(3-10)5-11(13,4-8)6-10/h8-9H,1-7H2. The third kappa shape index (κ3) is 1.25. The Morgan fingerprint density at radius 2 is 1.69 bits per heavy atom. The van der Waals surface area contributed by atoms with Gasteiger partial charge in [0.2, 0.25) is 0 Å². The summed E-state index contributed by atoms with van der Waals surface area (Å²) in [6.45, 7) is 0. The highest BCUT2D eigenvalue weighted by Crippen LogP contribution is 2.63. The van der Waals surface area contributed by atoms with E-state index in [4.69, 9.17) is 23.2 Å². The number of hydrogen-bond acceptors (Lipinski definition) is 0. The van der Waals surface area contributed by atoms with Gasteiger partial charge in [-0.15, -0.1) is 23.2 Å². The highest BCUT2D eigenvalue weighted by atomic mass is 35.5. The third-order valence-electron chi connectivity index (χ3n) is 4.39. The fraction of sp³-hybridized carbons (Fsp3) is 1.00. The van der Waals surface area contributed by atoms with Crippen molar-refractivity contribution in [3.05, 3.63) is 0 Å².